The van der Waals surface area contributed by atoms with Crippen molar-refractivity contribution in [2.24, 2.45) is 0 Å². The standard InChI is InChI=1S/C21H25N3O2S/c1-14-13-17(8-11-19(14)24-12-4-5-20(24)25)23-21(27)22-15(2)16-6-9-18(26-3)10-7-16/h6-11,13,15H,4-5,12H2,1-3H3,(H2,22,23,27)/t15-/m0/s1. The molecule has 1 atom stereocenters. The molecule has 2 aromatic carbocycles. The molecule has 142 valence electrons. The van der Waals surface area contributed by atoms with Crippen molar-refractivity contribution in [1.29, 1.82) is 0 Å². The lowest BCUT2D eigenvalue weighted by atomic mass is 10.1. The highest BCUT2D eigenvalue weighted by Crippen LogP contribution is 2.27. The summed E-state index contributed by atoms with van der Waals surface area (Å²) in [6.45, 7) is 4.87. The topological polar surface area (TPSA) is 53.6 Å². The first-order chi connectivity index (χ1) is 13.0. The van der Waals surface area contributed by atoms with Crippen molar-refractivity contribution in [3.63, 3.8) is 0 Å². The molecule has 2 N–H and O–H groups in total. The number of methoxy groups -OCH3 is 1. The molecule has 0 bridgehead atoms. The third-order valence-corrected chi connectivity index (χ3v) is 5.00. The first-order valence-corrected chi connectivity index (χ1v) is 9.51. The maximum Gasteiger partial charge on any atom is 0.227 e. The Balaban J connectivity index is 1.61. The first-order valence-electron chi connectivity index (χ1n) is 9.10. The second kappa shape index (κ2) is 8.39. The van der Waals surface area contributed by atoms with Crippen molar-refractivity contribution < 1.29 is 9.53 Å². The van der Waals surface area contributed by atoms with Gasteiger partial charge in [-0.1, -0.05) is 12.1 Å². The fourth-order valence-electron chi connectivity index (χ4n) is 3.28. The Kier molecular flexibility index (Phi) is 5.96. The maximum absolute atomic E-state index is 12.0. The number of nitrogens with one attached hydrogen (secondary N) is 2. The van der Waals surface area contributed by atoms with Gasteiger partial charge in [0.2, 0.25) is 5.91 Å². The van der Waals surface area contributed by atoms with Crippen LogP contribution in [0.25, 0.3) is 0 Å². The molecule has 0 radical (unpaired) electrons. The lowest BCUT2D eigenvalue weighted by molar-refractivity contribution is -0.117. The van der Waals surface area contributed by atoms with Crippen LogP contribution in [-0.2, 0) is 4.79 Å². The van der Waals surface area contributed by atoms with Crippen LogP contribution in [0.5, 0.6) is 5.75 Å². The van der Waals surface area contributed by atoms with Gasteiger partial charge in [-0.2, -0.15) is 0 Å². The second-order valence-corrected chi connectivity index (χ2v) is 7.15. The minimum atomic E-state index is 0.0681. The number of carbonyl (C=O) groups is 1. The highest BCUT2D eigenvalue weighted by molar-refractivity contribution is 7.80. The number of ether oxygens (including phenoxy) is 1. The molecule has 1 amide bonds. The van der Waals surface area contributed by atoms with Crippen LogP contribution < -0.4 is 20.3 Å². The van der Waals surface area contributed by atoms with Crippen LogP contribution >= 0.6 is 12.2 Å². The summed E-state index contributed by atoms with van der Waals surface area (Å²) >= 11 is 5.45. The molecule has 0 unspecified atom stereocenters. The lowest BCUT2D eigenvalue weighted by Crippen LogP contribution is -2.31. The largest absolute Gasteiger partial charge is 0.497 e. The first kappa shape index (κ1) is 19.2. The molecular formula is C21H25N3O2S. The van der Waals surface area contributed by atoms with E-state index in [4.69, 9.17) is 17.0 Å². The predicted octanol–water partition coefficient (Wildman–Crippen LogP) is 4.18. The molecule has 0 spiro atoms. The van der Waals surface area contributed by atoms with Crippen molar-refractivity contribution in [1.82, 2.24) is 5.32 Å². The van der Waals surface area contributed by atoms with Crippen LogP contribution in [0.3, 0.4) is 0 Å². The molecule has 1 fully saturated rings. The number of rotatable bonds is 5. The smallest absolute Gasteiger partial charge is 0.227 e. The number of nitrogens with zero attached hydrogens (tertiary/aromatic N) is 1. The number of aryl methyl sites for hydroxylation is 1. The number of carbonyl (C=O) groups excluding carboxylic acids is 1. The van der Waals surface area contributed by atoms with Crippen LogP contribution in [0.15, 0.2) is 42.5 Å². The van der Waals surface area contributed by atoms with Crippen LogP contribution in [0.1, 0.15) is 36.9 Å². The van der Waals surface area contributed by atoms with Gasteiger partial charge in [0, 0.05) is 24.3 Å². The van der Waals surface area contributed by atoms with E-state index in [0.29, 0.717) is 11.5 Å². The van der Waals surface area contributed by atoms with Crippen LogP contribution in [0.2, 0.25) is 0 Å². The van der Waals surface area contributed by atoms with E-state index in [9.17, 15) is 4.79 Å². The zero-order valence-corrected chi connectivity index (χ0v) is 16.7. The highest BCUT2D eigenvalue weighted by atomic mass is 32.1. The molecule has 1 saturated heterocycles. The molecule has 27 heavy (non-hydrogen) atoms. The summed E-state index contributed by atoms with van der Waals surface area (Å²) in [5.41, 5.74) is 4.07. The Labute approximate surface area is 165 Å². The molecule has 2 aromatic rings. The van der Waals surface area contributed by atoms with Gasteiger partial charge >= 0.3 is 0 Å². The highest BCUT2D eigenvalue weighted by Gasteiger charge is 2.23. The molecule has 5 nitrogen and oxygen atoms in total. The Bertz CT molecular complexity index is 836. The fourth-order valence-corrected chi connectivity index (χ4v) is 3.57. The van der Waals surface area contributed by atoms with E-state index in [1.807, 2.05) is 54.3 Å². The molecule has 0 aromatic heterocycles. The maximum atomic E-state index is 12.0. The van der Waals surface area contributed by atoms with Gasteiger partial charge in [-0.15, -0.1) is 0 Å². The molecule has 6 heteroatoms. The number of anilines is 2. The molecular weight excluding hydrogens is 358 g/mol. The van der Waals surface area contributed by atoms with Gasteiger partial charge in [0.15, 0.2) is 5.11 Å². The van der Waals surface area contributed by atoms with Gasteiger partial charge in [0.25, 0.3) is 0 Å². The number of benzene rings is 2. The van der Waals surface area contributed by atoms with Crippen molar-refractivity contribution in [2.45, 2.75) is 32.7 Å². The Morgan fingerprint density at radius 3 is 2.56 bits per heavy atom. The number of hydrogen-bond donors (Lipinski definition) is 2. The zero-order chi connectivity index (χ0) is 19.4. The van der Waals surface area contributed by atoms with E-state index in [-0.39, 0.29) is 11.9 Å². The molecule has 1 aliphatic rings. The van der Waals surface area contributed by atoms with Crippen LogP contribution in [0.4, 0.5) is 11.4 Å². The molecule has 1 aliphatic heterocycles. The van der Waals surface area contributed by atoms with Gasteiger partial charge in [-0.05, 0) is 73.9 Å². The van der Waals surface area contributed by atoms with Crippen molar-refractivity contribution >= 4 is 34.6 Å². The average Bonchev–Trinajstić information content (AvgIpc) is 3.07. The summed E-state index contributed by atoms with van der Waals surface area (Å²) in [5.74, 6) is 1.03. The third-order valence-electron chi connectivity index (χ3n) is 4.78. The quantitative estimate of drug-likeness (QED) is 0.759. The lowest BCUT2D eigenvalue weighted by Gasteiger charge is -2.20. The minimum absolute atomic E-state index is 0.0681. The van der Waals surface area contributed by atoms with Gasteiger partial charge in [-0.25, -0.2) is 0 Å². The van der Waals surface area contributed by atoms with E-state index in [0.717, 1.165) is 41.2 Å². The number of thiocarbonyl (C=S) groups is 1. The summed E-state index contributed by atoms with van der Waals surface area (Å²) < 4.78 is 5.19. The van der Waals surface area contributed by atoms with E-state index in [1.54, 1.807) is 7.11 Å². The van der Waals surface area contributed by atoms with Crippen LogP contribution in [-0.4, -0.2) is 24.7 Å². The van der Waals surface area contributed by atoms with Crippen molar-refractivity contribution in [3.8, 4) is 5.75 Å². The number of amides is 1. The summed E-state index contributed by atoms with van der Waals surface area (Å²) in [5, 5.41) is 7.08. The van der Waals surface area contributed by atoms with E-state index in [2.05, 4.69) is 17.6 Å². The predicted molar refractivity (Wildman–Crippen MR) is 114 cm³/mol. The molecule has 0 aliphatic carbocycles. The summed E-state index contributed by atoms with van der Waals surface area (Å²) in [4.78, 5) is 13.8. The van der Waals surface area contributed by atoms with E-state index in [1.165, 1.54) is 0 Å². The Morgan fingerprint density at radius 1 is 1.22 bits per heavy atom. The van der Waals surface area contributed by atoms with Gasteiger partial charge in [0.1, 0.15) is 5.75 Å². The Hall–Kier alpha value is -2.60. The minimum Gasteiger partial charge on any atom is -0.497 e. The van der Waals surface area contributed by atoms with E-state index >= 15 is 0 Å². The zero-order valence-electron chi connectivity index (χ0n) is 15.9. The second-order valence-electron chi connectivity index (χ2n) is 6.74. The molecule has 1 heterocycles. The van der Waals surface area contributed by atoms with Crippen molar-refractivity contribution in [3.05, 3.63) is 53.6 Å². The average molecular weight is 384 g/mol. The summed E-state index contributed by atoms with van der Waals surface area (Å²) in [7, 11) is 1.66. The van der Waals surface area contributed by atoms with Gasteiger partial charge < -0.3 is 20.3 Å². The van der Waals surface area contributed by atoms with Crippen molar-refractivity contribution in [2.75, 3.05) is 23.9 Å². The molecule has 0 saturated carbocycles. The summed E-state index contributed by atoms with van der Waals surface area (Å²) in [6, 6.07) is 13.9. The summed E-state index contributed by atoms with van der Waals surface area (Å²) in [6.07, 6.45) is 1.56. The fraction of sp³-hybridized carbons (Fsp3) is 0.333. The van der Waals surface area contributed by atoms with Crippen LogP contribution in [0, 0.1) is 6.92 Å². The third kappa shape index (κ3) is 4.57. The number of hydrogen-bond acceptors (Lipinski definition) is 3. The van der Waals surface area contributed by atoms with E-state index < -0.39 is 0 Å². The Morgan fingerprint density at radius 2 is 1.96 bits per heavy atom. The monoisotopic (exact) mass is 383 g/mol. The van der Waals surface area contributed by atoms with Gasteiger partial charge in [0.05, 0.1) is 13.2 Å². The molecule has 3 rings (SSSR count). The SMILES string of the molecule is COc1ccc([C@H](C)NC(=S)Nc2ccc(N3CCCC3=O)c(C)c2)cc1. The van der Waals surface area contributed by atoms with Gasteiger partial charge in [-0.3, -0.25) is 4.79 Å². The normalized spacial score (nSPS) is 14.8.